The van der Waals surface area contributed by atoms with Crippen molar-refractivity contribution in [1.29, 1.82) is 0 Å². The third kappa shape index (κ3) is 1.53. The van der Waals surface area contributed by atoms with Crippen LogP contribution in [0.5, 0.6) is 0 Å². The number of hydrogen-bond acceptors (Lipinski definition) is 3. The molecular weight excluding hydrogens is 222 g/mol. The lowest BCUT2D eigenvalue weighted by atomic mass is 9.76. The molecule has 1 spiro atoms. The Kier molecular flexibility index (Phi) is 2.77. The molecule has 3 heteroatoms. The van der Waals surface area contributed by atoms with Crippen LogP contribution in [-0.2, 0) is 12.0 Å². The molecule has 0 radical (unpaired) electrons. The van der Waals surface area contributed by atoms with Crippen LogP contribution in [0.4, 0.5) is 0 Å². The zero-order valence-corrected chi connectivity index (χ0v) is 11.0. The summed E-state index contributed by atoms with van der Waals surface area (Å²) in [6, 6.07) is 8.81. The zero-order chi connectivity index (χ0) is 12.6. The molecule has 0 bridgehead atoms. The summed E-state index contributed by atoms with van der Waals surface area (Å²) in [5.74, 6) is 0.730. The van der Waals surface area contributed by atoms with Crippen molar-refractivity contribution in [2.24, 2.45) is 10.7 Å². The predicted octanol–water partition coefficient (Wildman–Crippen LogP) is 2.26. The Morgan fingerprint density at radius 3 is 3.06 bits per heavy atom. The highest BCUT2D eigenvalue weighted by atomic mass is 15.4. The molecule has 2 aliphatic rings. The average Bonchev–Trinajstić information content (AvgIpc) is 2.70. The van der Waals surface area contributed by atoms with Gasteiger partial charge in [-0.25, -0.2) is 0 Å². The number of nitrogens with two attached hydrogens (primary N) is 1. The molecule has 1 atom stereocenters. The van der Waals surface area contributed by atoms with E-state index in [1.54, 1.807) is 0 Å². The van der Waals surface area contributed by atoms with E-state index in [0.29, 0.717) is 0 Å². The Hall–Kier alpha value is -1.51. The first-order valence-corrected chi connectivity index (χ1v) is 6.94. The van der Waals surface area contributed by atoms with Crippen molar-refractivity contribution in [2.45, 2.75) is 38.1 Å². The Labute approximate surface area is 109 Å². The standard InChI is InChI=1S/C15H21N3/c1-2-10-18-14(16)17-11-15(18)9-5-7-12-6-3-4-8-13(12)15/h3-4,6,8H,2,5,7,9-11H2,1H3,(H2,16,17). The van der Waals surface area contributed by atoms with Gasteiger partial charge in [0, 0.05) is 6.54 Å². The maximum Gasteiger partial charge on any atom is 0.192 e. The molecule has 1 heterocycles. The van der Waals surface area contributed by atoms with Crippen molar-refractivity contribution < 1.29 is 0 Å². The van der Waals surface area contributed by atoms with Crippen molar-refractivity contribution in [3.63, 3.8) is 0 Å². The quantitative estimate of drug-likeness (QED) is 0.865. The summed E-state index contributed by atoms with van der Waals surface area (Å²) in [7, 11) is 0. The molecule has 0 saturated heterocycles. The van der Waals surface area contributed by atoms with Gasteiger partial charge in [0.15, 0.2) is 5.96 Å². The third-order valence-electron chi connectivity index (χ3n) is 4.30. The molecule has 3 rings (SSSR count). The second-order valence-corrected chi connectivity index (χ2v) is 5.37. The van der Waals surface area contributed by atoms with Crippen molar-refractivity contribution in [3.05, 3.63) is 35.4 Å². The first-order valence-electron chi connectivity index (χ1n) is 6.94. The first kappa shape index (κ1) is 11.6. The van der Waals surface area contributed by atoms with Crippen LogP contribution in [0, 0.1) is 0 Å². The zero-order valence-electron chi connectivity index (χ0n) is 11.0. The SMILES string of the molecule is CCCN1C(N)=NCC12CCCc1ccccc12. The van der Waals surface area contributed by atoms with Gasteiger partial charge in [-0.05, 0) is 36.8 Å². The van der Waals surface area contributed by atoms with Crippen LogP contribution >= 0.6 is 0 Å². The highest BCUT2D eigenvalue weighted by Gasteiger charge is 2.45. The normalized spacial score (nSPS) is 26.3. The van der Waals surface area contributed by atoms with Crippen molar-refractivity contribution in [1.82, 2.24) is 4.90 Å². The van der Waals surface area contributed by atoms with Gasteiger partial charge < -0.3 is 10.6 Å². The maximum atomic E-state index is 6.10. The van der Waals surface area contributed by atoms with E-state index < -0.39 is 0 Å². The molecule has 0 saturated carbocycles. The van der Waals surface area contributed by atoms with Crippen LogP contribution in [0.3, 0.4) is 0 Å². The number of hydrogen-bond donors (Lipinski definition) is 1. The van der Waals surface area contributed by atoms with Gasteiger partial charge in [0.1, 0.15) is 0 Å². The summed E-state index contributed by atoms with van der Waals surface area (Å²) in [6.07, 6.45) is 4.71. The van der Waals surface area contributed by atoms with Crippen LogP contribution in [0.2, 0.25) is 0 Å². The monoisotopic (exact) mass is 243 g/mol. The van der Waals surface area contributed by atoms with Gasteiger partial charge in [-0.3, -0.25) is 4.99 Å². The van der Waals surface area contributed by atoms with Gasteiger partial charge >= 0.3 is 0 Å². The van der Waals surface area contributed by atoms with Crippen LogP contribution in [-0.4, -0.2) is 23.9 Å². The Morgan fingerprint density at radius 2 is 2.22 bits per heavy atom. The second-order valence-electron chi connectivity index (χ2n) is 5.37. The number of fused-ring (bicyclic) bond motifs is 2. The summed E-state index contributed by atoms with van der Waals surface area (Å²) >= 11 is 0. The molecule has 1 aliphatic carbocycles. The number of benzene rings is 1. The summed E-state index contributed by atoms with van der Waals surface area (Å²) in [6.45, 7) is 4.04. The number of aliphatic imine (C=N–C) groups is 1. The molecule has 3 nitrogen and oxygen atoms in total. The lowest BCUT2D eigenvalue weighted by Crippen LogP contribution is -2.51. The molecular formula is C15H21N3. The van der Waals surface area contributed by atoms with E-state index in [0.717, 1.165) is 25.5 Å². The number of aryl methyl sites for hydroxylation is 1. The molecule has 18 heavy (non-hydrogen) atoms. The van der Waals surface area contributed by atoms with Gasteiger partial charge in [0.2, 0.25) is 0 Å². The van der Waals surface area contributed by atoms with Crippen molar-refractivity contribution >= 4 is 5.96 Å². The van der Waals surface area contributed by atoms with Crippen molar-refractivity contribution in [3.8, 4) is 0 Å². The molecule has 0 fully saturated rings. The smallest absolute Gasteiger partial charge is 0.192 e. The summed E-state index contributed by atoms with van der Waals surface area (Å²) in [5, 5.41) is 0. The fourth-order valence-corrected chi connectivity index (χ4v) is 3.50. The minimum atomic E-state index is 0.0505. The minimum Gasteiger partial charge on any atom is -0.370 e. The van der Waals surface area contributed by atoms with Crippen LogP contribution in [0.25, 0.3) is 0 Å². The van der Waals surface area contributed by atoms with Gasteiger partial charge in [-0.15, -0.1) is 0 Å². The minimum absolute atomic E-state index is 0.0505. The van der Waals surface area contributed by atoms with E-state index in [-0.39, 0.29) is 5.54 Å². The van der Waals surface area contributed by atoms with E-state index in [9.17, 15) is 0 Å². The van der Waals surface area contributed by atoms with E-state index >= 15 is 0 Å². The summed E-state index contributed by atoms with van der Waals surface area (Å²) in [5.41, 5.74) is 9.09. The lowest BCUT2D eigenvalue weighted by molar-refractivity contribution is 0.172. The first-order chi connectivity index (χ1) is 8.78. The van der Waals surface area contributed by atoms with Crippen LogP contribution < -0.4 is 5.73 Å². The van der Waals surface area contributed by atoms with Gasteiger partial charge in [0.25, 0.3) is 0 Å². The molecule has 1 unspecified atom stereocenters. The average molecular weight is 243 g/mol. The van der Waals surface area contributed by atoms with Crippen LogP contribution in [0.1, 0.15) is 37.3 Å². The fourth-order valence-electron chi connectivity index (χ4n) is 3.50. The highest BCUT2D eigenvalue weighted by Crippen LogP contribution is 2.42. The Bertz CT molecular complexity index is 480. The molecule has 1 aliphatic heterocycles. The number of rotatable bonds is 2. The van der Waals surface area contributed by atoms with Gasteiger partial charge in [-0.2, -0.15) is 0 Å². The molecule has 2 N–H and O–H groups in total. The van der Waals surface area contributed by atoms with E-state index in [1.807, 2.05) is 0 Å². The molecule has 96 valence electrons. The Balaban J connectivity index is 2.06. The third-order valence-corrected chi connectivity index (χ3v) is 4.30. The maximum absolute atomic E-state index is 6.10. The molecule has 0 amide bonds. The second kappa shape index (κ2) is 4.30. The highest BCUT2D eigenvalue weighted by molar-refractivity contribution is 5.81. The summed E-state index contributed by atoms with van der Waals surface area (Å²) < 4.78 is 0. The number of guanidine groups is 1. The Morgan fingerprint density at radius 1 is 1.39 bits per heavy atom. The van der Waals surface area contributed by atoms with E-state index in [4.69, 9.17) is 5.73 Å². The lowest BCUT2D eigenvalue weighted by Gasteiger charge is -2.43. The molecule has 1 aromatic carbocycles. The number of nitrogens with zero attached hydrogens (tertiary/aromatic N) is 2. The topological polar surface area (TPSA) is 41.6 Å². The fraction of sp³-hybridized carbons (Fsp3) is 0.533. The van der Waals surface area contributed by atoms with Gasteiger partial charge in [0.05, 0.1) is 12.1 Å². The van der Waals surface area contributed by atoms with Crippen LogP contribution in [0.15, 0.2) is 29.3 Å². The van der Waals surface area contributed by atoms with E-state index in [1.165, 1.54) is 30.4 Å². The largest absolute Gasteiger partial charge is 0.370 e. The predicted molar refractivity (Wildman–Crippen MR) is 74.5 cm³/mol. The van der Waals surface area contributed by atoms with E-state index in [2.05, 4.69) is 41.1 Å². The van der Waals surface area contributed by atoms with Crippen molar-refractivity contribution in [2.75, 3.05) is 13.1 Å². The molecule has 0 aromatic heterocycles. The van der Waals surface area contributed by atoms with Gasteiger partial charge in [-0.1, -0.05) is 31.2 Å². The molecule has 1 aromatic rings. The summed E-state index contributed by atoms with van der Waals surface area (Å²) in [4.78, 5) is 6.87.